The Kier molecular flexibility index (Phi) is 5.53. The quantitative estimate of drug-likeness (QED) is 0.580. The van der Waals surface area contributed by atoms with E-state index in [0.717, 1.165) is 25.9 Å². The van der Waals surface area contributed by atoms with E-state index in [1.165, 1.54) is 12.1 Å². The van der Waals surface area contributed by atoms with Crippen LogP contribution in [0.5, 0.6) is 5.75 Å². The molecule has 2 rings (SSSR count). The fourth-order valence-electron chi connectivity index (χ4n) is 2.37. The van der Waals surface area contributed by atoms with Crippen molar-refractivity contribution in [3.63, 3.8) is 0 Å². The van der Waals surface area contributed by atoms with E-state index in [0.29, 0.717) is 11.5 Å². The van der Waals surface area contributed by atoms with Gasteiger partial charge in [0, 0.05) is 12.1 Å². The third kappa shape index (κ3) is 3.56. The zero-order chi connectivity index (χ0) is 13.1. The van der Waals surface area contributed by atoms with Crippen molar-refractivity contribution < 1.29 is 10.0 Å². The molecule has 19 heavy (non-hydrogen) atoms. The van der Waals surface area contributed by atoms with Gasteiger partial charge in [0.2, 0.25) is 0 Å². The molecule has 0 aliphatic carbocycles. The zero-order valence-electron chi connectivity index (χ0n) is 10.4. The predicted octanol–water partition coefficient (Wildman–Crippen LogP) is 1.72. The molecule has 1 aliphatic rings. The van der Waals surface area contributed by atoms with Crippen LogP contribution in [-0.4, -0.2) is 23.1 Å². The maximum absolute atomic E-state index is 10.8. The maximum atomic E-state index is 10.8. The van der Waals surface area contributed by atoms with Gasteiger partial charge >= 0.3 is 5.69 Å². The zero-order valence-corrected chi connectivity index (χ0v) is 11.2. The van der Waals surface area contributed by atoms with Crippen molar-refractivity contribution in [2.45, 2.75) is 18.9 Å². The smallest absolute Gasteiger partial charge is 0.311 e. The van der Waals surface area contributed by atoms with Gasteiger partial charge in [-0.15, -0.1) is 12.4 Å². The Balaban J connectivity index is 0.00000180. The highest BCUT2D eigenvalue weighted by atomic mass is 35.5. The molecule has 1 aromatic carbocycles. The maximum Gasteiger partial charge on any atom is 0.311 e. The summed E-state index contributed by atoms with van der Waals surface area (Å²) in [6.07, 6.45) is 1.94. The highest BCUT2D eigenvalue weighted by Gasteiger charge is 2.24. The summed E-state index contributed by atoms with van der Waals surface area (Å²) in [5, 5.41) is 23.4. The molecule has 106 valence electrons. The van der Waals surface area contributed by atoms with Crippen molar-refractivity contribution >= 4 is 18.1 Å². The Morgan fingerprint density at radius 1 is 1.42 bits per heavy atom. The van der Waals surface area contributed by atoms with E-state index in [9.17, 15) is 15.2 Å². The van der Waals surface area contributed by atoms with Crippen molar-refractivity contribution in [1.82, 2.24) is 5.32 Å². The lowest BCUT2D eigenvalue weighted by Crippen LogP contribution is -2.33. The van der Waals surface area contributed by atoms with Crippen molar-refractivity contribution in [2.75, 3.05) is 13.1 Å². The Hall–Kier alpha value is -1.37. The number of phenolic OH excluding ortho intramolecular Hbond substituents is 1. The topological polar surface area (TPSA) is 101 Å². The van der Waals surface area contributed by atoms with E-state index < -0.39 is 4.92 Å². The molecule has 0 bridgehead atoms. The molecule has 1 aliphatic heterocycles. The van der Waals surface area contributed by atoms with Crippen molar-refractivity contribution in [1.29, 1.82) is 0 Å². The van der Waals surface area contributed by atoms with Crippen LogP contribution < -0.4 is 11.1 Å². The minimum atomic E-state index is -0.589. The van der Waals surface area contributed by atoms with Gasteiger partial charge in [0.05, 0.1) is 4.92 Å². The Bertz CT molecular complexity index is 450. The number of nitrogens with one attached hydrogen (secondary N) is 1. The Morgan fingerprint density at radius 2 is 2.05 bits per heavy atom. The first kappa shape index (κ1) is 15.7. The molecule has 0 radical (unpaired) electrons. The number of nitro groups is 1. The molecule has 7 heteroatoms. The average Bonchev–Trinajstić information content (AvgIpc) is 2.39. The first-order valence-electron chi connectivity index (χ1n) is 6.03. The van der Waals surface area contributed by atoms with Crippen LogP contribution in [0.2, 0.25) is 0 Å². The second-order valence-corrected chi connectivity index (χ2v) is 4.62. The highest BCUT2D eigenvalue weighted by Crippen LogP contribution is 2.32. The molecular formula is C12H18ClN3O3. The second kappa shape index (κ2) is 6.70. The fraction of sp³-hybridized carbons (Fsp3) is 0.500. The molecule has 4 N–H and O–H groups in total. The molecule has 1 atom stereocenters. The van der Waals surface area contributed by atoms with Gasteiger partial charge in [0.1, 0.15) is 0 Å². The Morgan fingerprint density at radius 3 is 2.63 bits per heavy atom. The van der Waals surface area contributed by atoms with Crippen LogP contribution in [0.1, 0.15) is 24.4 Å². The standard InChI is InChI=1S/C12H17N3O3.ClH/c13-12(8-3-5-14-6-4-8)9-1-2-11(16)10(7-9)15(17)18;/h1-2,7-8,12,14,16H,3-6,13H2;1H/t12-;/m1./s1. The van der Waals surface area contributed by atoms with Crippen LogP contribution in [0.15, 0.2) is 18.2 Å². The first-order valence-corrected chi connectivity index (χ1v) is 6.03. The largest absolute Gasteiger partial charge is 0.502 e. The number of rotatable bonds is 3. The molecule has 0 amide bonds. The lowest BCUT2D eigenvalue weighted by Gasteiger charge is -2.28. The average molecular weight is 288 g/mol. The van der Waals surface area contributed by atoms with E-state index in [2.05, 4.69) is 5.32 Å². The molecule has 0 saturated carbocycles. The normalized spacial score (nSPS) is 17.5. The molecule has 6 nitrogen and oxygen atoms in total. The summed E-state index contributed by atoms with van der Waals surface area (Å²) in [5.41, 5.74) is 6.59. The SMILES string of the molecule is Cl.N[C@@H](c1ccc(O)c([N+](=O)[O-])c1)C1CCNCC1. The number of nitrogens with two attached hydrogens (primary N) is 1. The third-order valence-electron chi connectivity index (χ3n) is 3.47. The monoisotopic (exact) mass is 287 g/mol. The predicted molar refractivity (Wildman–Crippen MR) is 74.5 cm³/mol. The molecule has 0 aromatic heterocycles. The summed E-state index contributed by atoms with van der Waals surface area (Å²) in [7, 11) is 0. The minimum Gasteiger partial charge on any atom is -0.502 e. The molecule has 0 unspecified atom stereocenters. The number of hydrogen-bond acceptors (Lipinski definition) is 5. The van der Waals surface area contributed by atoms with Crippen LogP contribution in [0.3, 0.4) is 0 Å². The van der Waals surface area contributed by atoms with Gasteiger partial charge in [0.25, 0.3) is 0 Å². The molecule has 0 spiro atoms. The van der Waals surface area contributed by atoms with Gasteiger partial charge in [-0.25, -0.2) is 0 Å². The second-order valence-electron chi connectivity index (χ2n) is 4.62. The summed E-state index contributed by atoms with van der Waals surface area (Å²) >= 11 is 0. The number of hydrogen-bond donors (Lipinski definition) is 3. The highest BCUT2D eigenvalue weighted by molar-refractivity contribution is 5.85. The number of halogens is 1. The van der Waals surface area contributed by atoms with Crippen molar-refractivity contribution in [3.8, 4) is 5.75 Å². The number of nitrogens with zero attached hydrogens (tertiary/aromatic N) is 1. The molecular weight excluding hydrogens is 270 g/mol. The number of nitro benzene ring substituents is 1. The van der Waals surface area contributed by atoms with Gasteiger partial charge in [-0.2, -0.15) is 0 Å². The summed E-state index contributed by atoms with van der Waals surface area (Å²) in [6.45, 7) is 1.86. The lowest BCUT2D eigenvalue weighted by molar-refractivity contribution is -0.385. The summed E-state index contributed by atoms with van der Waals surface area (Å²) < 4.78 is 0. The van der Waals surface area contributed by atoms with Crippen molar-refractivity contribution in [3.05, 3.63) is 33.9 Å². The lowest BCUT2D eigenvalue weighted by atomic mass is 9.86. The summed E-state index contributed by atoms with van der Waals surface area (Å²) in [4.78, 5) is 10.2. The number of benzene rings is 1. The van der Waals surface area contributed by atoms with E-state index in [-0.39, 0.29) is 29.9 Å². The van der Waals surface area contributed by atoms with E-state index in [1.807, 2.05) is 0 Å². The molecule has 1 saturated heterocycles. The number of aromatic hydroxyl groups is 1. The van der Waals surface area contributed by atoms with Gasteiger partial charge < -0.3 is 16.2 Å². The summed E-state index contributed by atoms with van der Waals surface area (Å²) in [6, 6.07) is 4.16. The first-order chi connectivity index (χ1) is 8.59. The fourth-order valence-corrected chi connectivity index (χ4v) is 2.37. The van der Waals surface area contributed by atoms with Crippen LogP contribution in [0.4, 0.5) is 5.69 Å². The van der Waals surface area contributed by atoms with Gasteiger partial charge in [-0.05, 0) is 43.5 Å². The molecule has 1 heterocycles. The molecule has 1 fully saturated rings. The van der Waals surface area contributed by atoms with E-state index in [4.69, 9.17) is 5.73 Å². The number of phenols is 1. The molecule has 1 aromatic rings. The minimum absolute atomic E-state index is 0. The van der Waals surface area contributed by atoms with Crippen LogP contribution in [0.25, 0.3) is 0 Å². The van der Waals surface area contributed by atoms with Crippen LogP contribution >= 0.6 is 12.4 Å². The van der Waals surface area contributed by atoms with Crippen LogP contribution in [-0.2, 0) is 0 Å². The van der Waals surface area contributed by atoms with E-state index >= 15 is 0 Å². The third-order valence-corrected chi connectivity index (χ3v) is 3.47. The van der Waals surface area contributed by atoms with Crippen LogP contribution in [0, 0.1) is 16.0 Å². The Labute approximate surface area is 117 Å². The van der Waals surface area contributed by atoms with Crippen molar-refractivity contribution in [2.24, 2.45) is 11.7 Å². The number of piperidine rings is 1. The van der Waals surface area contributed by atoms with Gasteiger partial charge in [-0.1, -0.05) is 6.07 Å². The van der Waals surface area contributed by atoms with Gasteiger partial charge in [0.15, 0.2) is 5.75 Å². The van der Waals surface area contributed by atoms with E-state index in [1.54, 1.807) is 6.07 Å². The summed E-state index contributed by atoms with van der Waals surface area (Å²) in [5.74, 6) is 0.0108. The van der Waals surface area contributed by atoms with Gasteiger partial charge in [-0.3, -0.25) is 10.1 Å².